The minimum absolute atomic E-state index is 0.0102. The molecule has 0 radical (unpaired) electrons. The molecule has 3 rings (SSSR count). The third kappa shape index (κ3) is 7.76. The molecule has 7 nitrogen and oxygen atoms in total. The summed E-state index contributed by atoms with van der Waals surface area (Å²) < 4.78 is 42.9. The Morgan fingerprint density at radius 1 is 0.947 bits per heavy atom. The lowest BCUT2D eigenvalue weighted by atomic mass is 10.1. The fourth-order valence-corrected chi connectivity index (χ4v) is 5.49. The second-order valence-corrected chi connectivity index (χ2v) is 13.0. The summed E-state index contributed by atoms with van der Waals surface area (Å²) in [6, 6.07) is 19.3. The molecule has 0 saturated carbocycles. The van der Waals surface area contributed by atoms with E-state index in [0.717, 1.165) is 7.88 Å². The first kappa shape index (κ1) is 29.6. The molecule has 10 heteroatoms. The number of benzene rings is 3. The molecule has 0 saturated heterocycles. The SMILES string of the molecule is CC(C(=O)NC(C)(C)C)N(Cc1ccc(F)cc1)C(=O)CN(c1ccc(I)cc1)S(=O)(=O)c1ccccc1. The van der Waals surface area contributed by atoms with Crippen molar-refractivity contribution in [1.82, 2.24) is 10.2 Å². The predicted octanol–water partition coefficient (Wildman–Crippen LogP) is 4.96. The van der Waals surface area contributed by atoms with Crippen molar-refractivity contribution in [3.8, 4) is 0 Å². The smallest absolute Gasteiger partial charge is 0.264 e. The number of rotatable bonds is 9. The second-order valence-electron chi connectivity index (χ2n) is 9.86. The van der Waals surface area contributed by atoms with E-state index in [0.29, 0.717) is 11.3 Å². The summed E-state index contributed by atoms with van der Waals surface area (Å²) in [4.78, 5) is 28.2. The Morgan fingerprint density at radius 2 is 1.53 bits per heavy atom. The highest BCUT2D eigenvalue weighted by atomic mass is 127. The first-order valence-electron chi connectivity index (χ1n) is 12.0. The van der Waals surface area contributed by atoms with Crippen LogP contribution in [0.4, 0.5) is 10.1 Å². The van der Waals surface area contributed by atoms with Gasteiger partial charge in [-0.1, -0.05) is 30.3 Å². The highest BCUT2D eigenvalue weighted by Crippen LogP contribution is 2.25. The fourth-order valence-electron chi connectivity index (χ4n) is 3.70. The number of hydrogen-bond donors (Lipinski definition) is 1. The topological polar surface area (TPSA) is 86.8 Å². The largest absolute Gasteiger partial charge is 0.350 e. The van der Waals surface area contributed by atoms with Gasteiger partial charge in [-0.3, -0.25) is 13.9 Å². The molecule has 0 aromatic heterocycles. The Balaban J connectivity index is 2.01. The molecule has 2 amide bonds. The lowest BCUT2D eigenvalue weighted by molar-refractivity contribution is -0.140. The molecule has 0 aliphatic carbocycles. The third-order valence-electron chi connectivity index (χ3n) is 5.66. The molecule has 0 fully saturated rings. The van der Waals surface area contributed by atoms with Crippen molar-refractivity contribution < 1.29 is 22.4 Å². The average molecular weight is 652 g/mol. The lowest BCUT2D eigenvalue weighted by Crippen LogP contribution is -2.54. The van der Waals surface area contributed by atoms with Gasteiger partial charge in [0.15, 0.2) is 0 Å². The number of nitrogens with zero attached hydrogens (tertiary/aromatic N) is 2. The molecule has 38 heavy (non-hydrogen) atoms. The molecule has 1 unspecified atom stereocenters. The summed E-state index contributed by atoms with van der Waals surface area (Å²) in [5.74, 6) is -1.40. The third-order valence-corrected chi connectivity index (χ3v) is 8.16. The highest BCUT2D eigenvalue weighted by Gasteiger charge is 2.33. The van der Waals surface area contributed by atoms with Crippen molar-refractivity contribution in [3.05, 3.63) is 93.8 Å². The van der Waals surface area contributed by atoms with E-state index in [1.54, 1.807) is 49.4 Å². The zero-order valence-corrected chi connectivity index (χ0v) is 24.7. The Morgan fingerprint density at radius 3 is 2.08 bits per heavy atom. The molecular formula is C28H31FIN3O4S. The van der Waals surface area contributed by atoms with Crippen LogP contribution < -0.4 is 9.62 Å². The van der Waals surface area contributed by atoms with Crippen LogP contribution in [0, 0.1) is 9.39 Å². The van der Waals surface area contributed by atoms with Crippen LogP contribution >= 0.6 is 22.6 Å². The molecule has 1 N–H and O–H groups in total. The molecular weight excluding hydrogens is 620 g/mol. The minimum atomic E-state index is -4.12. The lowest BCUT2D eigenvalue weighted by Gasteiger charge is -2.33. The number of sulfonamides is 1. The highest BCUT2D eigenvalue weighted by molar-refractivity contribution is 14.1. The van der Waals surface area contributed by atoms with Crippen LogP contribution in [-0.4, -0.2) is 43.3 Å². The molecule has 0 heterocycles. The molecule has 3 aromatic rings. The Bertz CT molecular complexity index is 1360. The molecule has 3 aromatic carbocycles. The fraction of sp³-hybridized carbons (Fsp3) is 0.286. The number of carbonyl (C=O) groups excluding carboxylic acids is 2. The maximum absolute atomic E-state index is 13.8. The van der Waals surface area contributed by atoms with Crippen molar-refractivity contribution in [3.63, 3.8) is 0 Å². The standard InChI is InChI=1S/C28H31FIN3O4S/c1-20(27(35)31-28(2,3)4)32(18-21-10-12-22(29)13-11-21)26(34)19-33(24-16-14-23(30)15-17-24)38(36,37)25-8-6-5-7-9-25/h5-17,20H,18-19H2,1-4H3,(H,31,35). The first-order valence-corrected chi connectivity index (χ1v) is 14.5. The zero-order chi connectivity index (χ0) is 28.1. The molecule has 0 spiro atoms. The van der Waals surface area contributed by atoms with Gasteiger partial charge in [0.1, 0.15) is 18.4 Å². The Labute approximate surface area is 237 Å². The quantitative estimate of drug-likeness (QED) is 0.332. The number of carbonyl (C=O) groups is 2. The number of hydrogen-bond acceptors (Lipinski definition) is 4. The van der Waals surface area contributed by atoms with Gasteiger partial charge in [-0.05, 0) is 104 Å². The minimum Gasteiger partial charge on any atom is -0.350 e. The molecule has 202 valence electrons. The van der Waals surface area contributed by atoms with Crippen molar-refractivity contribution >= 4 is 50.1 Å². The Hall–Kier alpha value is -2.99. The van der Waals surface area contributed by atoms with Gasteiger partial charge in [0.2, 0.25) is 11.8 Å². The molecule has 1 atom stereocenters. The van der Waals surface area contributed by atoms with Gasteiger partial charge < -0.3 is 10.2 Å². The van der Waals surface area contributed by atoms with E-state index in [4.69, 9.17) is 0 Å². The average Bonchev–Trinajstić information content (AvgIpc) is 2.86. The van der Waals surface area contributed by atoms with Crippen LogP contribution in [-0.2, 0) is 26.2 Å². The van der Waals surface area contributed by atoms with Crippen LogP contribution in [0.25, 0.3) is 0 Å². The molecule has 0 bridgehead atoms. The maximum atomic E-state index is 13.8. The maximum Gasteiger partial charge on any atom is 0.264 e. The van der Waals surface area contributed by atoms with Gasteiger partial charge in [-0.15, -0.1) is 0 Å². The summed E-state index contributed by atoms with van der Waals surface area (Å²) in [5.41, 5.74) is 0.373. The van der Waals surface area contributed by atoms with Gasteiger partial charge in [0.05, 0.1) is 10.6 Å². The number of anilines is 1. The second kappa shape index (κ2) is 12.2. The van der Waals surface area contributed by atoms with E-state index < -0.39 is 39.9 Å². The van der Waals surface area contributed by atoms with Gasteiger partial charge in [-0.25, -0.2) is 12.8 Å². The van der Waals surface area contributed by atoms with Crippen LogP contribution in [0.2, 0.25) is 0 Å². The van der Waals surface area contributed by atoms with Gasteiger partial charge in [0, 0.05) is 15.7 Å². The van der Waals surface area contributed by atoms with Gasteiger partial charge in [-0.2, -0.15) is 0 Å². The number of amides is 2. The number of halogens is 2. The Kier molecular flexibility index (Phi) is 9.53. The monoisotopic (exact) mass is 651 g/mol. The summed E-state index contributed by atoms with van der Waals surface area (Å²) in [7, 11) is -4.12. The zero-order valence-electron chi connectivity index (χ0n) is 21.7. The van der Waals surface area contributed by atoms with Gasteiger partial charge >= 0.3 is 0 Å². The van der Waals surface area contributed by atoms with Crippen LogP contribution in [0.15, 0.2) is 83.8 Å². The van der Waals surface area contributed by atoms with Crippen LogP contribution in [0.5, 0.6) is 0 Å². The van der Waals surface area contributed by atoms with E-state index in [9.17, 15) is 22.4 Å². The van der Waals surface area contributed by atoms with Crippen molar-refractivity contribution in [2.24, 2.45) is 0 Å². The van der Waals surface area contributed by atoms with E-state index in [-0.39, 0.29) is 17.3 Å². The van der Waals surface area contributed by atoms with E-state index in [2.05, 4.69) is 27.9 Å². The summed E-state index contributed by atoms with van der Waals surface area (Å²) in [5, 5.41) is 2.87. The molecule has 0 aliphatic rings. The van der Waals surface area contributed by atoms with Crippen molar-refractivity contribution in [1.29, 1.82) is 0 Å². The first-order chi connectivity index (χ1) is 17.8. The van der Waals surface area contributed by atoms with Crippen LogP contribution in [0.1, 0.15) is 33.3 Å². The van der Waals surface area contributed by atoms with Crippen LogP contribution in [0.3, 0.4) is 0 Å². The summed E-state index contributed by atoms with van der Waals surface area (Å²) in [6.45, 7) is 6.53. The number of nitrogens with one attached hydrogen (secondary N) is 1. The predicted molar refractivity (Wildman–Crippen MR) is 154 cm³/mol. The van der Waals surface area contributed by atoms with Crippen molar-refractivity contribution in [2.45, 2.75) is 50.7 Å². The normalized spacial score (nSPS) is 12.5. The van der Waals surface area contributed by atoms with E-state index in [1.165, 1.54) is 41.3 Å². The summed E-state index contributed by atoms with van der Waals surface area (Å²) >= 11 is 2.12. The van der Waals surface area contributed by atoms with Crippen molar-refractivity contribution in [2.75, 3.05) is 10.8 Å². The van der Waals surface area contributed by atoms with E-state index in [1.807, 2.05) is 20.8 Å². The van der Waals surface area contributed by atoms with Gasteiger partial charge in [0.25, 0.3) is 10.0 Å². The molecule has 0 aliphatic heterocycles. The summed E-state index contributed by atoms with van der Waals surface area (Å²) in [6.07, 6.45) is 0. The van der Waals surface area contributed by atoms with E-state index >= 15 is 0 Å².